The molecule has 1 unspecified atom stereocenters. The number of rotatable bonds is 8. The summed E-state index contributed by atoms with van der Waals surface area (Å²) in [5, 5.41) is 3.37. The molecular formula is C14H26N2O2. The van der Waals surface area contributed by atoms with E-state index in [0.29, 0.717) is 12.1 Å². The van der Waals surface area contributed by atoms with E-state index in [1.807, 2.05) is 6.92 Å². The van der Waals surface area contributed by atoms with Gasteiger partial charge in [-0.3, -0.25) is 4.79 Å². The number of hydrogen-bond donors (Lipinski definition) is 2. The minimum absolute atomic E-state index is 0.240. The first-order valence-corrected chi connectivity index (χ1v) is 7.29. The van der Waals surface area contributed by atoms with Crippen LogP contribution in [0.3, 0.4) is 0 Å². The Morgan fingerprint density at radius 3 is 2.56 bits per heavy atom. The second kappa shape index (κ2) is 6.02. The minimum Gasteiger partial charge on any atom is -0.378 e. The molecule has 2 rings (SSSR count). The average Bonchev–Trinajstić information content (AvgIpc) is 2.97. The molecule has 104 valence electrons. The van der Waals surface area contributed by atoms with Gasteiger partial charge in [-0.15, -0.1) is 0 Å². The van der Waals surface area contributed by atoms with E-state index in [4.69, 9.17) is 10.5 Å². The minimum atomic E-state index is -0.555. The van der Waals surface area contributed by atoms with Gasteiger partial charge >= 0.3 is 0 Å². The van der Waals surface area contributed by atoms with Gasteiger partial charge in [0, 0.05) is 12.6 Å². The highest BCUT2D eigenvalue weighted by atomic mass is 16.5. The standard InChI is InChI=1S/C14H26N2O2/c1-14(13(15)17,16-11-7-8-11)9-4-10-18-12-5-2-3-6-12/h11-12,16H,2-10H2,1H3,(H2,15,17). The van der Waals surface area contributed by atoms with Gasteiger partial charge in [0.1, 0.15) is 0 Å². The van der Waals surface area contributed by atoms with Crippen LogP contribution in [0.2, 0.25) is 0 Å². The summed E-state index contributed by atoms with van der Waals surface area (Å²) in [6, 6.07) is 0.498. The fourth-order valence-electron chi connectivity index (χ4n) is 2.68. The molecular weight excluding hydrogens is 228 g/mol. The lowest BCUT2D eigenvalue weighted by atomic mass is 9.95. The summed E-state index contributed by atoms with van der Waals surface area (Å²) >= 11 is 0. The van der Waals surface area contributed by atoms with E-state index in [1.165, 1.54) is 38.5 Å². The second-order valence-corrected chi connectivity index (χ2v) is 6.00. The van der Waals surface area contributed by atoms with Crippen molar-refractivity contribution in [3.05, 3.63) is 0 Å². The van der Waals surface area contributed by atoms with Crippen LogP contribution in [0.15, 0.2) is 0 Å². The topological polar surface area (TPSA) is 64.3 Å². The monoisotopic (exact) mass is 254 g/mol. The molecule has 18 heavy (non-hydrogen) atoms. The van der Waals surface area contributed by atoms with Crippen LogP contribution < -0.4 is 11.1 Å². The van der Waals surface area contributed by atoms with E-state index in [9.17, 15) is 4.79 Å². The fraction of sp³-hybridized carbons (Fsp3) is 0.929. The van der Waals surface area contributed by atoms with Gasteiger partial charge in [0.25, 0.3) is 0 Å². The molecule has 0 radical (unpaired) electrons. The Balaban J connectivity index is 1.66. The van der Waals surface area contributed by atoms with Crippen LogP contribution in [-0.4, -0.2) is 30.2 Å². The first-order valence-electron chi connectivity index (χ1n) is 7.29. The van der Waals surface area contributed by atoms with Gasteiger partial charge in [0.05, 0.1) is 11.6 Å². The lowest BCUT2D eigenvalue weighted by molar-refractivity contribution is -0.124. The largest absolute Gasteiger partial charge is 0.378 e. The molecule has 0 aromatic carbocycles. The van der Waals surface area contributed by atoms with Crippen LogP contribution in [-0.2, 0) is 9.53 Å². The van der Waals surface area contributed by atoms with Gasteiger partial charge in [-0.05, 0) is 45.4 Å². The maximum Gasteiger partial charge on any atom is 0.237 e. The number of carbonyl (C=O) groups is 1. The molecule has 2 aliphatic rings. The van der Waals surface area contributed by atoms with Crippen LogP contribution in [0, 0.1) is 0 Å². The lowest BCUT2D eigenvalue weighted by Crippen LogP contribution is -2.54. The van der Waals surface area contributed by atoms with E-state index in [-0.39, 0.29) is 5.91 Å². The van der Waals surface area contributed by atoms with Crippen molar-refractivity contribution in [2.45, 2.75) is 76.0 Å². The van der Waals surface area contributed by atoms with Crippen molar-refractivity contribution in [2.24, 2.45) is 5.73 Å². The quantitative estimate of drug-likeness (QED) is 0.648. The molecule has 3 N–H and O–H groups in total. The van der Waals surface area contributed by atoms with Crippen molar-refractivity contribution < 1.29 is 9.53 Å². The van der Waals surface area contributed by atoms with Gasteiger partial charge in [0.2, 0.25) is 5.91 Å². The van der Waals surface area contributed by atoms with Gasteiger partial charge in [-0.2, -0.15) is 0 Å². The molecule has 0 spiro atoms. The Labute approximate surface area is 110 Å². The van der Waals surface area contributed by atoms with Crippen LogP contribution in [0.4, 0.5) is 0 Å². The molecule has 4 nitrogen and oxygen atoms in total. The van der Waals surface area contributed by atoms with E-state index < -0.39 is 5.54 Å². The van der Waals surface area contributed by atoms with Crippen LogP contribution in [0.5, 0.6) is 0 Å². The van der Waals surface area contributed by atoms with Gasteiger partial charge < -0.3 is 15.8 Å². The van der Waals surface area contributed by atoms with Crippen molar-refractivity contribution in [1.82, 2.24) is 5.32 Å². The Bertz CT molecular complexity index is 286. The van der Waals surface area contributed by atoms with E-state index >= 15 is 0 Å². The highest BCUT2D eigenvalue weighted by molar-refractivity contribution is 5.84. The number of ether oxygens (including phenoxy) is 1. The molecule has 0 bridgehead atoms. The maximum absolute atomic E-state index is 11.6. The van der Waals surface area contributed by atoms with Crippen molar-refractivity contribution in [3.8, 4) is 0 Å². The summed E-state index contributed by atoms with van der Waals surface area (Å²) in [7, 11) is 0. The summed E-state index contributed by atoms with van der Waals surface area (Å²) in [6.07, 6.45) is 9.46. The summed E-state index contributed by atoms with van der Waals surface area (Å²) in [5.74, 6) is -0.240. The number of primary amides is 1. The number of nitrogens with two attached hydrogens (primary N) is 1. The summed E-state index contributed by atoms with van der Waals surface area (Å²) in [4.78, 5) is 11.6. The second-order valence-electron chi connectivity index (χ2n) is 6.00. The van der Waals surface area contributed by atoms with Crippen LogP contribution in [0.25, 0.3) is 0 Å². The van der Waals surface area contributed by atoms with Crippen molar-refractivity contribution in [2.75, 3.05) is 6.61 Å². The SMILES string of the molecule is CC(CCCOC1CCCC1)(NC1CC1)C(N)=O. The first kappa shape index (κ1) is 13.8. The zero-order chi connectivity index (χ0) is 13.0. The lowest BCUT2D eigenvalue weighted by Gasteiger charge is -2.27. The highest BCUT2D eigenvalue weighted by Gasteiger charge is 2.36. The number of amides is 1. The molecule has 0 aromatic heterocycles. The van der Waals surface area contributed by atoms with Crippen molar-refractivity contribution in [3.63, 3.8) is 0 Å². The smallest absolute Gasteiger partial charge is 0.237 e. The van der Waals surface area contributed by atoms with Gasteiger partial charge in [0.15, 0.2) is 0 Å². The predicted octanol–water partition coefficient (Wildman–Crippen LogP) is 1.72. The molecule has 0 saturated heterocycles. The Morgan fingerprint density at radius 1 is 1.33 bits per heavy atom. The van der Waals surface area contributed by atoms with E-state index in [1.54, 1.807) is 0 Å². The molecule has 0 heterocycles. The first-order chi connectivity index (χ1) is 8.60. The number of hydrogen-bond acceptors (Lipinski definition) is 3. The predicted molar refractivity (Wildman–Crippen MR) is 71.2 cm³/mol. The fourth-order valence-corrected chi connectivity index (χ4v) is 2.68. The zero-order valence-corrected chi connectivity index (χ0v) is 11.4. The van der Waals surface area contributed by atoms with Crippen LogP contribution in [0.1, 0.15) is 58.3 Å². The highest BCUT2D eigenvalue weighted by Crippen LogP contribution is 2.25. The van der Waals surface area contributed by atoms with Gasteiger partial charge in [-0.25, -0.2) is 0 Å². The third kappa shape index (κ3) is 3.95. The van der Waals surface area contributed by atoms with Crippen molar-refractivity contribution in [1.29, 1.82) is 0 Å². The third-order valence-corrected chi connectivity index (χ3v) is 4.12. The number of nitrogens with one attached hydrogen (secondary N) is 1. The summed E-state index contributed by atoms with van der Waals surface area (Å²) in [6.45, 7) is 2.67. The van der Waals surface area contributed by atoms with E-state index in [0.717, 1.165) is 19.4 Å². The van der Waals surface area contributed by atoms with Crippen molar-refractivity contribution >= 4 is 5.91 Å². The van der Waals surface area contributed by atoms with Crippen LogP contribution >= 0.6 is 0 Å². The molecule has 2 saturated carbocycles. The molecule has 0 aliphatic heterocycles. The zero-order valence-electron chi connectivity index (χ0n) is 11.4. The van der Waals surface area contributed by atoms with Gasteiger partial charge in [-0.1, -0.05) is 12.8 Å². The Morgan fingerprint density at radius 2 is 2.00 bits per heavy atom. The normalized spacial score (nSPS) is 24.1. The average molecular weight is 254 g/mol. The van der Waals surface area contributed by atoms with E-state index in [2.05, 4.69) is 5.32 Å². The molecule has 2 fully saturated rings. The summed E-state index contributed by atoms with van der Waals surface area (Å²) in [5.41, 5.74) is 4.95. The molecule has 1 amide bonds. The summed E-state index contributed by atoms with van der Waals surface area (Å²) < 4.78 is 5.82. The maximum atomic E-state index is 11.6. The molecule has 1 atom stereocenters. The molecule has 4 heteroatoms. The Hall–Kier alpha value is -0.610. The number of carbonyl (C=O) groups excluding carboxylic acids is 1. The third-order valence-electron chi connectivity index (χ3n) is 4.12. The molecule has 0 aromatic rings. The molecule has 2 aliphatic carbocycles. The Kier molecular flexibility index (Phi) is 4.62.